The number of nitrogens with two attached hydrogens (primary N) is 1. The van der Waals surface area contributed by atoms with Gasteiger partial charge in [-0.05, 0) is 17.7 Å². The van der Waals surface area contributed by atoms with Gasteiger partial charge in [0.2, 0.25) is 0 Å². The lowest BCUT2D eigenvalue weighted by atomic mass is 10.1. The Bertz CT molecular complexity index is 413. The van der Waals surface area contributed by atoms with Crippen molar-refractivity contribution in [2.45, 2.75) is 6.54 Å². The molecule has 2 rings (SSSR count). The summed E-state index contributed by atoms with van der Waals surface area (Å²) in [4.78, 5) is 12.1. The number of rotatable bonds is 2. The second-order valence-electron chi connectivity index (χ2n) is 2.88. The van der Waals surface area contributed by atoms with Crippen LogP contribution in [0.2, 0.25) is 0 Å². The minimum absolute atomic E-state index is 0.517. The van der Waals surface area contributed by atoms with Crippen LogP contribution < -0.4 is 5.73 Å². The highest BCUT2D eigenvalue weighted by Crippen LogP contribution is 2.14. The molecule has 4 heteroatoms. The van der Waals surface area contributed by atoms with Gasteiger partial charge < -0.3 is 5.73 Å². The fourth-order valence-corrected chi connectivity index (χ4v) is 1.19. The molecule has 2 heterocycles. The second-order valence-corrected chi connectivity index (χ2v) is 2.88. The highest BCUT2D eigenvalue weighted by atomic mass is 14.8. The summed E-state index contributed by atoms with van der Waals surface area (Å²) in [5, 5.41) is 0. The van der Waals surface area contributed by atoms with E-state index in [1.165, 1.54) is 6.33 Å². The molecule has 0 fully saturated rings. The Morgan fingerprint density at radius 3 is 2.71 bits per heavy atom. The highest BCUT2D eigenvalue weighted by Gasteiger charge is 1.99. The average molecular weight is 186 g/mol. The van der Waals surface area contributed by atoms with E-state index in [9.17, 15) is 0 Å². The van der Waals surface area contributed by atoms with Crippen molar-refractivity contribution in [3.05, 3.63) is 42.6 Å². The molecule has 0 aromatic carbocycles. The van der Waals surface area contributed by atoms with Gasteiger partial charge in [0.05, 0.1) is 5.69 Å². The van der Waals surface area contributed by atoms with Gasteiger partial charge in [-0.2, -0.15) is 0 Å². The van der Waals surface area contributed by atoms with Crippen molar-refractivity contribution >= 4 is 0 Å². The van der Waals surface area contributed by atoms with Gasteiger partial charge in [-0.3, -0.25) is 4.98 Å². The van der Waals surface area contributed by atoms with E-state index in [-0.39, 0.29) is 0 Å². The molecule has 0 atom stereocenters. The minimum Gasteiger partial charge on any atom is -0.326 e. The third-order valence-corrected chi connectivity index (χ3v) is 1.92. The average Bonchev–Trinajstić information content (AvgIpc) is 2.30. The molecule has 0 aliphatic heterocycles. The normalized spacial score (nSPS) is 10.1. The predicted molar refractivity (Wildman–Crippen MR) is 53.2 cm³/mol. The molecule has 0 saturated heterocycles. The number of aromatic nitrogens is 3. The van der Waals surface area contributed by atoms with Gasteiger partial charge in [0, 0.05) is 30.7 Å². The Balaban J connectivity index is 2.42. The van der Waals surface area contributed by atoms with E-state index in [4.69, 9.17) is 5.73 Å². The zero-order chi connectivity index (χ0) is 9.80. The summed E-state index contributed by atoms with van der Waals surface area (Å²) in [6, 6.07) is 3.84. The molecule has 14 heavy (non-hydrogen) atoms. The molecule has 2 aromatic rings. The summed E-state index contributed by atoms with van der Waals surface area (Å²) in [6.45, 7) is 0.517. The fraction of sp³-hybridized carbons (Fsp3) is 0.100. The number of hydrogen-bond donors (Lipinski definition) is 1. The summed E-state index contributed by atoms with van der Waals surface area (Å²) in [7, 11) is 0. The summed E-state index contributed by atoms with van der Waals surface area (Å²) < 4.78 is 0. The first-order chi connectivity index (χ1) is 6.90. The predicted octanol–water partition coefficient (Wildman–Crippen LogP) is 0.997. The molecule has 0 saturated carbocycles. The molecular weight excluding hydrogens is 176 g/mol. The largest absolute Gasteiger partial charge is 0.326 e. The summed E-state index contributed by atoms with van der Waals surface area (Å²) in [6.07, 6.45) is 6.70. The van der Waals surface area contributed by atoms with Gasteiger partial charge in [0.1, 0.15) is 6.33 Å². The molecular formula is C10H10N4. The molecule has 2 N–H and O–H groups in total. The van der Waals surface area contributed by atoms with Crippen molar-refractivity contribution in [1.82, 2.24) is 15.0 Å². The lowest BCUT2D eigenvalue weighted by molar-refractivity contribution is 1.06. The Morgan fingerprint density at radius 1 is 1.21 bits per heavy atom. The second kappa shape index (κ2) is 3.93. The Kier molecular flexibility index (Phi) is 2.46. The van der Waals surface area contributed by atoms with E-state index in [1.54, 1.807) is 18.6 Å². The molecule has 0 radical (unpaired) electrons. The Labute approximate surface area is 81.9 Å². The lowest BCUT2D eigenvalue weighted by Crippen LogP contribution is -1.97. The Hall–Kier alpha value is -1.81. The third kappa shape index (κ3) is 1.75. The number of hydrogen-bond acceptors (Lipinski definition) is 4. The van der Waals surface area contributed by atoms with Crippen LogP contribution >= 0.6 is 0 Å². The summed E-state index contributed by atoms with van der Waals surface area (Å²) >= 11 is 0. The maximum Gasteiger partial charge on any atom is 0.115 e. The minimum atomic E-state index is 0.517. The quantitative estimate of drug-likeness (QED) is 0.759. The summed E-state index contributed by atoms with van der Waals surface area (Å²) in [5.74, 6) is 0. The van der Waals surface area contributed by atoms with Gasteiger partial charge >= 0.3 is 0 Å². The first-order valence-electron chi connectivity index (χ1n) is 4.30. The van der Waals surface area contributed by atoms with E-state index >= 15 is 0 Å². The zero-order valence-electron chi connectivity index (χ0n) is 7.59. The van der Waals surface area contributed by atoms with E-state index in [0.717, 1.165) is 16.8 Å². The van der Waals surface area contributed by atoms with Crippen LogP contribution in [0.15, 0.2) is 37.1 Å². The topological polar surface area (TPSA) is 64.7 Å². The Morgan fingerprint density at radius 2 is 2.00 bits per heavy atom. The highest BCUT2D eigenvalue weighted by molar-refractivity contribution is 5.56. The van der Waals surface area contributed by atoms with Gasteiger partial charge in [0.15, 0.2) is 0 Å². The molecule has 0 unspecified atom stereocenters. The van der Waals surface area contributed by atoms with Gasteiger partial charge in [-0.25, -0.2) is 9.97 Å². The third-order valence-electron chi connectivity index (χ3n) is 1.92. The van der Waals surface area contributed by atoms with Crippen molar-refractivity contribution in [3.8, 4) is 11.3 Å². The molecule has 0 amide bonds. The number of nitrogens with zero attached hydrogens (tertiary/aromatic N) is 3. The van der Waals surface area contributed by atoms with Crippen LogP contribution in [-0.2, 0) is 6.54 Å². The van der Waals surface area contributed by atoms with E-state index in [1.807, 2.05) is 12.1 Å². The molecule has 70 valence electrons. The van der Waals surface area contributed by atoms with Crippen LogP contribution in [0.4, 0.5) is 0 Å². The van der Waals surface area contributed by atoms with E-state index < -0.39 is 0 Å². The van der Waals surface area contributed by atoms with Crippen molar-refractivity contribution in [3.63, 3.8) is 0 Å². The molecule has 0 aliphatic carbocycles. The van der Waals surface area contributed by atoms with E-state index in [0.29, 0.717) is 6.54 Å². The molecule has 0 bridgehead atoms. The van der Waals surface area contributed by atoms with Crippen molar-refractivity contribution in [2.24, 2.45) is 5.73 Å². The smallest absolute Gasteiger partial charge is 0.115 e. The molecule has 2 aromatic heterocycles. The van der Waals surface area contributed by atoms with Crippen molar-refractivity contribution < 1.29 is 0 Å². The fourth-order valence-electron chi connectivity index (χ4n) is 1.19. The molecule has 0 aliphatic rings. The monoisotopic (exact) mass is 186 g/mol. The molecule has 0 spiro atoms. The zero-order valence-corrected chi connectivity index (χ0v) is 7.59. The maximum atomic E-state index is 5.54. The van der Waals surface area contributed by atoms with Crippen LogP contribution in [0.3, 0.4) is 0 Å². The van der Waals surface area contributed by atoms with Crippen LogP contribution in [0.5, 0.6) is 0 Å². The standard InChI is InChI=1S/C10H10N4/c11-4-8-1-2-14-10(3-8)9-5-12-7-13-6-9/h1-3,5-7H,4,11H2. The maximum absolute atomic E-state index is 5.54. The van der Waals surface area contributed by atoms with Crippen LogP contribution in [-0.4, -0.2) is 15.0 Å². The van der Waals surface area contributed by atoms with Gasteiger partial charge in [-0.1, -0.05) is 0 Å². The SMILES string of the molecule is NCc1ccnc(-c2cncnc2)c1. The van der Waals surface area contributed by atoms with Gasteiger partial charge in [0.25, 0.3) is 0 Å². The van der Waals surface area contributed by atoms with Gasteiger partial charge in [-0.15, -0.1) is 0 Å². The van der Waals surface area contributed by atoms with Crippen LogP contribution in [0.25, 0.3) is 11.3 Å². The van der Waals surface area contributed by atoms with Crippen molar-refractivity contribution in [2.75, 3.05) is 0 Å². The van der Waals surface area contributed by atoms with Crippen LogP contribution in [0.1, 0.15) is 5.56 Å². The lowest BCUT2D eigenvalue weighted by Gasteiger charge is -2.01. The van der Waals surface area contributed by atoms with Crippen molar-refractivity contribution in [1.29, 1.82) is 0 Å². The van der Waals surface area contributed by atoms with E-state index in [2.05, 4.69) is 15.0 Å². The number of pyridine rings is 1. The first kappa shape index (κ1) is 8.77. The van der Waals surface area contributed by atoms with Crippen LogP contribution in [0, 0.1) is 0 Å². The molecule has 4 nitrogen and oxygen atoms in total. The summed E-state index contributed by atoms with van der Waals surface area (Å²) in [5.41, 5.74) is 8.35. The first-order valence-corrected chi connectivity index (χ1v) is 4.30.